The van der Waals surface area contributed by atoms with Crippen molar-refractivity contribution < 1.29 is 24.2 Å². The number of oxazole rings is 1. The van der Waals surface area contributed by atoms with E-state index < -0.39 is 12.1 Å². The number of hydrogen-bond donors (Lipinski definition) is 3. The van der Waals surface area contributed by atoms with Crippen LogP contribution in [0.1, 0.15) is 36.2 Å². The van der Waals surface area contributed by atoms with E-state index in [0.29, 0.717) is 28.6 Å². The maximum absolute atomic E-state index is 11.0. The first-order valence-corrected chi connectivity index (χ1v) is 8.81. The lowest BCUT2D eigenvalue weighted by atomic mass is 9.93. The van der Waals surface area contributed by atoms with Crippen molar-refractivity contribution in [2.45, 2.75) is 37.8 Å². The fourth-order valence-corrected chi connectivity index (χ4v) is 3.20. The number of nitrogens with zero attached hydrogens (tertiary/aromatic N) is 2. The molecule has 0 amide bonds. The van der Waals surface area contributed by atoms with E-state index in [1.165, 1.54) is 12.3 Å². The number of pyridine rings is 1. The molecule has 2 aromatic heterocycles. The Morgan fingerprint density at radius 2 is 2.00 bits per heavy atom. The summed E-state index contributed by atoms with van der Waals surface area (Å²) >= 11 is 0. The largest absolute Gasteiger partial charge is 0.477 e. The van der Waals surface area contributed by atoms with Crippen molar-refractivity contribution in [3.63, 3.8) is 0 Å². The van der Waals surface area contributed by atoms with E-state index in [2.05, 4.69) is 15.3 Å². The first-order valence-electron chi connectivity index (χ1n) is 8.81. The van der Waals surface area contributed by atoms with Gasteiger partial charge in [0.05, 0.1) is 12.1 Å². The summed E-state index contributed by atoms with van der Waals surface area (Å²) in [6.07, 6.45) is 4.73. The second-order valence-corrected chi connectivity index (χ2v) is 6.54. The molecule has 27 heavy (non-hydrogen) atoms. The van der Waals surface area contributed by atoms with Gasteiger partial charge in [-0.15, -0.1) is 0 Å². The molecular formula is C19H19N3O5. The van der Waals surface area contributed by atoms with Crippen molar-refractivity contribution in [2.24, 2.45) is 0 Å². The topological polar surface area (TPSA) is 118 Å². The SMILES string of the molecule is O=C(O)c1cc(Oc2ccc3nc(N[C@H]4CCCC[C@@H]4O)oc3c2)ccn1. The van der Waals surface area contributed by atoms with Gasteiger partial charge in [0.1, 0.15) is 17.0 Å². The van der Waals surface area contributed by atoms with Gasteiger partial charge in [0.2, 0.25) is 0 Å². The molecule has 0 saturated heterocycles. The van der Waals surface area contributed by atoms with Crippen LogP contribution >= 0.6 is 0 Å². The van der Waals surface area contributed by atoms with Gasteiger partial charge in [-0.1, -0.05) is 12.8 Å². The van der Waals surface area contributed by atoms with Gasteiger partial charge >= 0.3 is 5.97 Å². The van der Waals surface area contributed by atoms with E-state index in [1.54, 1.807) is 24.3 Å². The molecule has 1 fully saturated rings. The van der Waals surface area contributed by atoms with Crippen molar-refractivity contribution in [3.8, 4) is 11.5 Å². The number of hydrogen-bond acceptors (Lipinski definition) is 7. The minimum atomic E-state index is -1.12. The molecule has 0 unspecified atom stereocenters. The van der Waals surface area contributed by atoms with E-state index in [0.717, 1.165) is 25.7 Å². The number of carbonyl (C=O) groups is 1. The van der Waals surface area contributed by atoms with E-state index in [-0.39, 0.29) is 11.7 Å². The van der Waals surface area contributed by atoms with Crippen LogP contribution in [0, 0.1) is 0 Å². The van der Waals surface area contributed by atoms with E-state index in [9.17, 15) is 9.90 Å². The van der Waals surface area contributed by atoms with Crippen LogP contribution in [-0.4, -0.2) is 38.3 Å². The fourth-order valence-electron chi connectivity index (χ4n) is 3.20. The average Bonchev–Trinajstić information content (AvgIpc) is 3.05. The minimum Gasteiger partial charge on any atom is -0.477 e. The highest BCUT2D eigenvalue weighted by molar-refractivity contribution is 5.85. The molecule has 8 heteroatoms. The summed E-state index contributed by atoms with van der Waals surface area (Å²) in [7, 11) is 0. The highest BCUT2D eigenvalue weighted by atomic mass is 16.5. The van der Waals surface area contributed by atoms with Gasteiger partial charge in [-0.05, 0) is 31.0 Å². The van der Waals surface area contributed by atoms with Crippen LogP contribution in [0.3, 0.4) is 0 Å². The highest BCUT2D eigenvalue weighted by Gasteiger charge is 2.24. The third-order valence-electron chi connectivity index (χ3n) is 4.58. The summed E-state index contributed by atoms with van der Waals surface area (Å²) in [5, 5.41) is 22.2. The summed E-state index contributed by atoms with van der Waals surface area (Å²) in [6, 6.07) is 8.41. The van der Waals surface area contributed by atoms with Gasteiger partial charge in [0, 0.05) is 18.3 Å². The van der Waals surface area contributed by atoms with Crippen LogP contribution in [0.25, 0.3) is 11.1 Å². The van der Waals surface area contributed by atoms with Gasteiger partial charge in [-0.25, -0.2) is 9.78 Å². The first kappa shape index (κ1) is 17.3. The van der Waals surface area contributed by atoms with Crippen molar-refractivity contribution in [2.75, 3.05) is 5.32 Å². The molecular weight excluding hydrogens is 350 g/mol. The standard InChI is InChI=1S/C19H19N3O5/c23-16-4-2-1-3-13(16)21-19-22-14-6-5-11(10-17(14)27-19)26-12-7-8-20-15(9-12)18(24)25/h5-10,13,16,23H,1-4H2,(H,21,22)(H,24,25)/t13-,16-/m0/s1. The van der Waals surface area contributed by atoms with E-state index >= 15 is 0 Å². The monoisotopic (exact) mass is 369 g/mol. The van der Waals surface area contributed by atoms with Crippen molar-refractivity contribution in [1.82, 2.24) is 9.97 Å². The number of nitrogens with one attached hydrogen (secondary N) is 1. The number of carboxylic acids is 1. The Kier molecular flexibility index (Phi) is 4.64. The third kappa shape index (κ3) is 3.85. The summed E-state index contributed by atoms with van der Waals surface area (Å²) < 4.78 is 11.4. The maximum atomic E-state index is 11.0. The molecule has 0 radical (unpaired) electrons. The molecule has 3 aromatic rings. The number of rotatable bonds is 5. The summed E-state index contributed by atoms with van der Waals surface area (Å²) in [6.45, 7) is 0. The predicted octanol–water partition coefficient (Wildman–Crippen LogP) is 3.43. The number of fused-ring (bicyclic) bond motifs is 1. The number of benzene rings is 1. The lowest BCUT2D eigenvalue weighted by Gasteiger charge is -2.27. The van der Waals surface area contributed by atoms with Crippen LogP contribution in [0.15, 0.2) is 40.9 Å². The quantitative estimate of drug-likeness (QED) is 0.626. The molecule has 3 N–H and O–H groups in total. The molecule has 0 bridgehead atoms. The Morgan fingerprint density at radius 3 is 2.81 bits per heavy atom. The summed E-state index contributed by atoms with van der Waals surface area (Å²) in [5.74, 6) is -0.262. The third-order valence-corrected chi connectivity index (χ3v) is 4.58. The summed E-state index contributed by atoms with van der Waals surface area (Å²) in [4.78, 5) is 19.2. The van der Waals surface area contributed by atoms with Crippen LogP contribution in [0.5, 0.6) is 11.5 Å². The van der Waals surface area contributed by atoms with Gasteiger partial charge < -0.3 is 24.7 Å². The molecule has 1 saturated carbocycles. The zero-order chi connectivity index (χ0) is 18.8. The number of aliphatic hydroxyl groups is 1. The smallest absolute Gasteiger partial charge is 0.354 e. The fraction of sp³-hybridized carbons (Fsp3) is 0.316. The molecule has 1 aliphatic carbocycles. The Balaban J connectivity index is 1.52. The number of aromatic nitrogens is 2. The van der Waals surface area contributed by atoms with E-state index in [4.69, 9.17) is 14.3 Å². The second kappa shape index (κ2) is 7.24. The number of carboxylic acid groups (broad SMARTS) is 1. The highest BCUT2D eigenvalue weighted by Crippen LogP contribution is 2.29. The maximum Gasteiger partial charge on any atom is 0.354 e. The number of aromatic carboxylic acids is 1. The Labute approximate surface area is 154 Å². The van der Waals surface area contributed by atoms with Crippen molar-refractivity contribution in [1.29, 1.82) is 0 Å². The Bertz CT molecular complexity index is 971. The number of anilines is 1. The molecule has 1 aliphatic rings. The lowest BCUT2D eigenvalue weighted by Crippen LogP contribution is -2.36. The first-order chi connectivity index (χ1) is 13.1. The van der Waals surface area contributed by atoms with Gasteiger partial charge in [0.15, 0.2) is 11.3 Å². The van der Waals surface area contributed by atoms with Crippen LogP contribution in [0.2, 0.25) is 0 Å². The average molecular weight is 369 g/mol. The number of ether oxygens (including phenoxy) is 1. The van der Waals surface area contributed by atoms with Gasteiger partial charge in [-0.3, -0.25) is 0 Å². The van der Waals surface area contributed by atoms with E-state index in [1.807, 2.05) is 0 Å². The van der Waals surface area contributed by atoms with Crippen molar-refractivity contribution in [3.05, 3.63) is 42.2 Å². The summed E-state index contributed by atoms with van der Waals surface area (Å²) in [5.41, 5.74) is 1.11. The zero-order valence-electron chi connectivity index (χ0n) is 14.5. The molecule has 4 rings (SSSR count). The minimum absolute atomic E-state index is 0.0613. The molecule has 2 heterocycles. The lowest BCUT2D eigenvalue weighted by molar-refractivity contribution is 0.0690. The van der Waals surface area contributed by atoms with Gasteiger partial charge in [-0.2, -0.15) is 4.98 Å². The van der Waals surface area contributed by atoms with Crippen LogP contribution < -0.4 is 10.1 Å². The van der Waals surface area contributed by atoms with Crippen molar-refractivity contribution >= 4 is 23.1 Å². The second-order valence-electron chi connectivity index (χ2n) is 6.54. The number of aliphatic hydroxyl groups excluding tert-OH is 1. The molecule has 140 valence electrons. The van der Waals surface area contributed by atoms with Crippen LogP contribution in [-0.2, 0) is 0 Å². The molecule has 1 aromatic carbocycles. The Hall–Kier alpha value is -3.13. The predicted molar refractivity (Wildman–Crippen MR) is 97.2 cm³/mol. The molecule has 0 spiro atoms. The zero-order valence-corrected chi connectivity index (χ0v) is 14.5. The van der Waals surface area contributed by atoms with Gasteiger partial charge in [0.25, 0.3) is 6.01 Å². The Morgan fingerprint density at radius 1 is 1.19 bits per heavy atom. The molecule has 2 atom stereocenters. The molecule has 8 nitrogen and oxygen atoms in total. The molecule has 0 aliphatic heterocycles. The van der Waals surface area contributed by atoms with Crippen LogP contribution in [0.4, 0.5) is 6.01 Å². The normalized spacial score (nSPS) is 19.7.